The molecule has 2 saturated heterocycles. The number of piperidine rings is 2. The zero-order valence-electron chi connectivity index (χ0n) is 51.2. The van der Waals surface area contributed by atoms with Crippen molar-refractivity contribution in [2.75, 3.05) is 39.4 Å². The number of pyridine rings is 2. The summed E-state index contributed by atoms with van der Waals surface area (Å²) in [4.78, 5) is 71.1. The number of aromatic carboxylic acids is 1. The summed E-state index contributed by atoms with van der Waals surface area (Å²) in [6.45, 7) is 9.90. The Bertz CT molecular complexity index is 4570. The normalized spacial score (nSPS) is 17.5. The largest absolute Gasteiger partial charge is 0.491 e. The Hall–Kier alpha value is -7.70. The second-order valence-corrected chi connectivity index (χ2v) is 27.9. The van der Waals surface area contributed by atoms with Crippen LogP contribution in [-0.2, 0) is 50.1 Å². The van der Waals surface area contributed by atoms with Gasteiger partial charge in [-0.15, -0.1) is 34.0 Å². The van der Waals surface area contributed by atoms with E-state index in [4.69, 9.17) is 52.4 Å². The predicted molar refractivity (Wildman–Crippen MR) is 360 cm³/mol. The maximum Gasteiger partial charge on any atom is 0.338 e. The molecule has 2 fully saturated rings. The average Bonchev–Trinajstić information content (AvgIpc) is 1.49. The molecule has 4 aliphatic rings. The molecule has 2 aliphatic carbocycles. The first-order valence-electron chi connectivity index (χ1n) is 31.3. The number of ether oxygens (including phenoxy) is 3. The van der Waals surface area contributed by atoms with E-state index in [1.807, 2.05) is 75.1 Å². The van der Waals surface area contributed by atoms with Crippen LogP contribution in [0.25, 0.3) is 42.7 Å². The number of carboxylic acid groups (broad SMARTS) is 1. The fraction of sp³-hybridized carbons (Fsp3) is 0.382. The van der Waals surface area contributed by atoms with Crippen LogP contribution in [0.1, 0.15) is 117 Å². The molecular weight excluding hydrogens is 1260 g/mol. The number of nitrogens with one attached hydrogen (secondary N) is 1. The number of aromatic nitrogens is 9. The van der Waals surface area contributed by atoms with Crippen molar-refractivity contribution in [2.24, 2.45) is 0 Å². The van der Waals surface area contributed by atoms with Crippen LogP contribution in [0.3, 0.4) is 0 Å². The molecule has 0 unspecified atom stereocenters. The molecule has 14 rings (SSSR count). The molecule has 0 bridgehead atoms. The number of aryl methyl sites for hydroxylation is 5. The molecule has 2 aliphatic heterocycles. The van der Waals surface area contributed by atoms with Gasteiger partial charge in [0.15, 0.2) is 0 Å². The number of hydrogen-bond acceptors (Lipinski definition) is 18. The van der Waals surface area contributed by atoms with Gasteiger partial charge < -0.3 is 19.3 Å². The van der Waals surface area contributed by atoms with Crippen molar-refractivity contribution in [1.29, 1.82) is 5.41 Å². The van der Waals surface area contributed by atoms with E-state index < -0.39 is 5.97 Å². The fourth-order valence-corrected chi connectivity index (χ4v) is 17.3. The van der Waals surface area contributed by atoms with E-state index in [1.165, 1.54) is 27.7 Å². The third-order valence-electron chi connectivity index (χ3n) is 18.8. The second-order valence-electron chi connectivity index (χ2n) is 24.4. The molecule has 24 heteroatoms. The summed E-state index contributed by atoms with van der Waals surface area (Å²) >= 11 is 17.9. The van der Waals surface area contributed by atoms with E-state index in [2.05, 4.69) is 34.9 Å². The lowest BCUT2D eigenvalue weighted by molar-refractivity contribution is 0.0699. The van der Waals surface area contributed by atoms with E-state index in [0.29, 0.717) is 121 Å². The van der Waals surface area contributed by atoms with Gasteiger partial charge >= 0.3 is 5.97 Å². The number of benzene rings is 2. The van der Waals surface area contributed by atoms with Crippen LogP contribution in [0.4, 0.5) is 0 Å². The maximum absolute atomic E-state index is 15.1. The fourth-order valence-electron chi connectivity index (χ4n) is 14.1. The van der Waals surface area contributed by atoms with Gasteiger partial charge in [-0.1, -0.05) is 23.2 Å². The Balaban J connectivity index is 0.698. The molecule has 92 heavy (non-hydrogen) atoms. The first kappa shape index (κ1) is 61.8. The number of hydrogen-bond donors (Lipinski definition) is 2. The van der Waals surface area contributed by atoms with Crippen LogP contribution in [0.15, 0.2) is 98.9 Å². The highest BCUT2D eigenvalue weighted by molar-refractivity contribution is 7.18. The van der Waals surface area contributed by atoms with Gasteiger partial charge in [-0.05, 0) is 153 Å². The molecule has 19 nitrogen and oxygen atoms in total. The number of thiophene rings is 2. The highest BCUT2D eigenvalue weighted by Crippen LogP contribution is 2.43. The number of nitrogens with zero attached hydrogens (tertiary/aromatic N) is 11. The van der Waals surface area contributed by atoms with E-state index in [9.17, 15) is 20.1 Å². The Kier molecular flexibility index (Phi) is 17.7. The molecule has 0 amide bonds. The highest BCUT2D eigenvalue weighted by atomic mass is 35.5. The molecule has 0 spiro atoms. The second kappa shape index (κ2) is 26.4. The van der Waals surface area contributed by atoms with Crippen molar-refractivity contribution in [3.8, 4) is 33.8 Å². The SMILES string of the molecule is Cc1cc(-c2cc(Cl)ccc2OCCn2c(C)nc3c(c2=O)C[C@H](N2CCC(c4nccs4)CC2)CC3)c2scc(C(=N)OCc3nc4c(c(=O)n3CCOc3ccc(Cl)cc3-c3cc(C)nc5c(C(=O)O)csc35)C[C@@H](N3CCC(n5cccn5)CC3)CC4)c2n1. The number of carboxylic acids is 1. The lowest BCUT2D eigenvalue weighted by Crippen LogP contribution is -2.46. The summed E-state index contributed by atoms with van der Waals surface area (Å²) in [5.74, 6) is 1.40. The number of carbonyl (C=O) groups is 1. The van der Waals surface area contributed by atoms with Crippen molar-refractivity contribution in [3.05, 3.63) is 182 Å². The lowest BCUT2D eigenvalue weighted by Gasteiger charge is -2.39. The number of halogens is 2. The van der Waals surface area contributed by atoms with Crippen LogP contribution in [0.5, 0.6) is 11.5 Å². The summed E-state index contributed by atoms with van der Waals surface area (Å²) in [6.07, 6.45) is 14.3. The molecule has 8 aromatic heterocycles. The molecular formula is C68H68Cl2N12O7S3. The van der Waals surface area contributed by atoms with Crippen molar-refractivity contribution < 1.29 is 24.1 Å². The molecule has 0 saturated carbocycles. The standard InChI is InChI=1S/C68H68Cl2N12O7S3/c1-38-29-49(47-31-42(69)5-11-57(47)87-26-24-80-40(3)76-55-9-7-45(33-51(55)66(80)83)78-20-13-41(14-21-78)65-72-18-28-90-65)62-60(74-38)53(36-91-62)64(71)89-35-59-77-56-10-8-46(79-22-15-44(16-23-79)82-19-4-17-73-82)34-52(56)67(84)81(59)25-27-88-58-12-6-43(70)32-48(58)50-30-39(2)75-61-54(68(85)86)37-92-63(50)61/h4-6,11-12,17-19,28-32,36-37,41,44-46,71H,7-10,13-16,20-27,33-35H2,1-3H3,(H,85,86)/t45-,46+/m1/s1. The number of thiazole rings is 1. The molecule has 2 N–H and O–H groups in total. The topological polar surface area (TPSA) is 222 Å². The summed E-state index contributed by atoms with van der Waals surface area (Å²) in [6, 6.07) is 17.5. The van der Waals surface area contributed by atoms with Crippen molar-refractivity contribution in [1.82, 2.24) is 53.6 Å². The van der Waals surface area contributed by atoms with E-state index >= 15 is 4.79 Å². The summed E-state index contributed by atoms with van der Waals surface area (Å²) < 4.78 is 26.5. The van der Waals surface area contributed by atoms with Crippen molar-refractivity contribution in [3.63, 3.8) is 0 Å². The number of fused-ring (bicyclic) bond motifs is 4. The third kappa shape index (κ3) is 12.4. The number of likely N-dealkylation sites (tertiary alicyclic amines) is 2. The molecule has 0 radical (unpaired) electrons. The number of rotatable bonds is 18. The zero-order chi connectivity index (χ0) is 63.3. The van der Waals surface area contributed by atoms with Gasteiger partial charge in [0.05, 0.1) is 67.1 Å². The van der Waals surface area contributed by atoms with Gasteiger partial charge in [0, 0.05) is 121 Å². The lowest BCUT2D eigenvalue weighted by atomic mass is 9.88. The average molecular weight is 1330 g/mol. The van der Waals surface area contributed by atoms with Gasteiger partial charge in [0.1, 0.15) is 43.0 Å². The van der Waals surface area contributed by atoms with Crippen LogP contribution >= 0.6 is 57.2 Å². The smallest absolute Gasteiger partial charge is 0.338 e. The Morgan fingerprint density at radius 2 is 1.23 bits per heavy atom. The minimum Gasteiger partial charge on any atom is -0.491 e. The minimum absolute atomic E-state index is 0.000385. The Morgan fingerprint density at radius 1 is 0.663 bits per heavy atom. The van der Waals surface area contributed by atoms with Crippen LogP contribution < -0.4 is 20.6 Å². The van der Waals surface area contributed by atoms with Gasteiger partial charge in [0.2, 0.25) is 5.90 Å². The minimum atomic E-state index is -1.06. The van der Waals surface area contributed by atoms with Crippen LogP contribution in [-0.4, -0.2) is 122 Å². The van der Waals surface area contributed by atoms with E-state index in [0.717, 1.165) is 109 Å². The zero-order valence-corrected chi connectivity index (χ0v) is 55.2. The van der Waals surface area contributed by atoms with Crippen LogP contribution in [0.2, 0.25) is 10.0 Å². The van der Waals surface area contributed by atoms with Gasteiger partial charge in [-0.25, -0.2) is 19.7 Å². The quantitative estimate of drug-likeness (QED) is 0.0602. The van der Waals surface area contributed by atoms with Crippen molar-refractivity contribution >= 4 is 89.5 Å². The maximum atomic E-state index is 15.1. The highest BCUT2D eigenvalue weighted by Gasteiger charge is 2.34. The summed E-state index contributed by atoms with van der Waals surface area (Å²) in [7, 11) is 0. The first-order valence-corrected chi connectivity index (χ1v) is 34.7. The monoisotopic (exact) mass is 1330 g/mol. The summed E-state index contributed by atoms with van der Waals surface area (Å²) in [5, 5.41) is 31.7. The predicted octanol–water partition coefficient (Wildman–Crippen LogP) is 12.6. The molecule has 474 valence electrons. The van der Waals surface area contributed by atoms with Crippen LogP contribution in [0, 0.1) is 26.2 Å². The van der Waals surface area contributed by atoms with Gasteiger partial charge in [-0.2, -0.15) is 5.10 Å². The Labute approximate surface area is 552 Å². The van der Waals surface area contributed by atoms with Crippen molar-refractivity contribution in [2.45, 2.75) is 129 Å². The van der Waals surface area contributed by atoms with Gasteiger partial charge in [0.25, 0.3) is 11.1 Å². The van der Waals surface area contributed by atoms with E-state index in [-0.39, 0.29) is 55.0 Å². The summed E-state index contributed by atoms with van der Waals surface area (Å²) in [5.41, 5.74) is 8.78. The molecule has 10 aromatic rings. The Morgan fingerprint density at radius 3 is 1.80 bits per heavy atom. The van der Waals surface area contributed by atoms with Gasteiger partial charge in [-0.3, -0.25) is 48.6 Å². The molecule has 2 atom stereocenters. The third-order valence-corrected chi connectivity index (χ3v) is 22.2. The first-order chi connectivity index (χ1) is 44.7. The molecule has 10 heterocycles. The van der Waals surface area contributed by atoms with E-state index in [1.54, 1.807) is 50.1 Å². The molecule has 2 aromatic carbocycles.